The monoisotopic (exact) mass is 447 g/mol. The molecular weight excluding hydrogens is 414 g/mol. The first kappa shape index (κ1) is 24.3. The lowest BCUT2D eigenvalue weighted by Crippen LogP contribution is -2.11. The van der Waals surface area contributed by atoms with Crippen molar-refractivity contribution in [2.45, 2.75) is 53.0 Å². The number of carbonyl (C=O) groups excluding carboxylic acids is 2. The van der Waals surface area contributed by atoms with Gasteiger partial charge in [-0.25, -0.2) is 9.59 Å². The van der Waals surface area contributed by atoms with E-state index in [1.807, 2.05) is 62.4 Å². The van der Waals surface area contributed by atoms with Crippen molar-refractivity contribution in [1.82, 2.24) is 4.57 Å². The molecule has 0 fully saturated rings. The normalized spacial score (nSPS) is 10.8. The average molecular weight is 448 g/mol. The molecule has 0 bridgehead atoms. The molecule has 5 heteroatoms. The fourth-order valence-electron chi connectivity index (χ4n) is 4.16. The number of hydrogen-bond acceptors (Lipinski definition) is 4. The molecule has 5 nitrogen and oxygen atoms in total. The summed E-state index contributed by atoms with van der Waals surface area (Å²) in [6, 6.07) is 16.0. The highest BCUT2D eigenvalue weighted by Crippen LogP contribution is 2.39. The zero-order valence-electron chi connectivity index (χ0n) is 20.2. The minimum absolute atomic E-state index is 0.249. The third kappa shape index (κ3) is 5.19. The molecule has 0 radical (unpaired) electrons. The Kier molecular flexibility index (Phi) is 8.10. The second-order valence-electron chi connectivity index (χ2n) is 8.37. The second-order valence-corrected chi connectivity index (χ2v) is 8.37. The number of ether oxygens (including phenoxy) is 2. The van der Waals surface area contributed by atoms with Crippen LogP contribution in [0, 0.1) is 13.8 Å². The minimum Gasteiger partial charge on any atom is -0.465 e. The molecule has 0 amide bonds. The molecule has 2 aromatic carbocycles. The molecule has 33 heavy (non-hydrogen) atoms. The molecule has 1 heterocycles. The van der Waals surface area contributed by atoms with Crippen molar-refractivity contribution in [2.75, 3.05) is 14.2 Å². The van der Waals surface area contributed by atoms with Crippen LogP contribution < -0.4 is 0 Å². The predicted octanol–water partition coefficient (Wildman–Crippen LogP) is 6.59. The van der Waals surface area contributed by atoms with E-state index in [1.54, 1.807) is 0 Å². The molecule has 1 aromatic heterocycles. The van der Waals surface area contributed by atoms with Gasteiger partial charge in [-0.3, -0.25) is 0 Å². The maximum Gasteiger partial charge on any atom is 0.340 e. The van der Waals surface area contributed by atoms with Gasteiger partial charge in [-0.15, -0.1) is 0 Å². The molecule has 0 aliphatic heterocycles. The summed E-state index contributed by atoms with van der Waals surface area (Å²) in [5.74, 6) is -1.10. The molecule has 0 N–H and O–H groups in total. The fraction of sp³-hybridized carbons (Fsp3) is 0.357. The molecule has 0 unspecified atom stereocenters. The lowest BCUT2D eigenvalue weighted by Gasteiger charge is -2.15. The summed E-state index contributed by atoms with van der Waals surface area (Å²) >= 11 is 0. The van der Waals surface area contributed by atoms with Gasteiger partial charge in [0.1, 0.15) is 11.1 Å². The number of methoxy groups -OCH3 is 2. The highest BCUT2D eigenvalue weighted by molar-refractivity contribution is 6.12. The largest absolute Gasteiger partial charge is 0.465 e. The molecule has 3 aromatic rings. The van der Waals surface area contributed by atoms with Crippen molar-refractivity contribution >= 4 is 11.9 Å². The first-order valence-corrected chi connectivity index (χ1v) is 11.5. The van der Waals surface area contributed by atoms with Crippen molar-refractivity contribution in [3.05, 3.63) is 70.8 Å². The Morgan fingerprint density at radius 2 is 1.12 bits per heavy atom. The third-order valence-electron chi connectivity index (χ3n) is 5.93. The zero-order chi connectivity index (χ0) is 24.0. The van der Waals surface area contributed by atoms with Gasteiger partial charge in [-0.2, -0.15) is 0 Å². The highest BCUT2D eigenvalue weighted by Gasteiger charge is 2.33. The van der Waals surface area contributed by atoms with Gasteiger partial charge < -0.3 is 14.0 Å². The number of benzene rings is 2. The van der Waals surface area contributed by atoms with Crippen molar-refractivity contribution in [2.24, 2.45) is 0 Å². The van der Waals surface area contributed by atoms with E-state index >= 15 is 0 Å². The van der Waals surface area contributed by atoms with Crippen LogP contribution >= 0.6 is 0 Å². The first-order chi connectivity index (χ1) is 15.9. The zero-order valence-corrected chi connectivity index (χ0v) is 20.2. The van der Waals surface area contributed by atoms with Crippen LogP contribution in [0.25, 0.3) is 22.5 Å². The maximum absolute atomic E-state index is 13.1. The molecule has 3 rings (SSSR count). The molecule has 0 saturated carbocycles. The van der Waals surface area contributed by atoms with Crippen molar-refractivity contribution in [3.8, 4) is 22.5 Å². The van der Waals surface area contributed by atoms with Gasteiger partial charge in [0.2, 0.25) is 0 Å². The number of aromatic nitrogens is 1. The highest BCUT2D eigenvalue weighted by atomic mass is 16.5. The van der Waals surface area contributed by atoms with Gasteiger partial charge in [-0.1, -0.05) is 85.8 Å². The summed E-state index contributed by atoms with van der Waals surface area (Å²) in [7, 11) is 2.68. The Morgan fingerprint density at radius 3 is 1.48 bits per heavy atom. The van der Waals surface area contributed by atoms with E-state index in [1.165, 1.54) is 14.2 Å². The van der Waals surface area contributed by atoms with E-state index in [9.17, 15) is 9.59 Å². The van der Waals surface area contributed by atoms with Gasteiger partial charge >= 0.3 is 11.9 Å². The summed E-state index contributed by atoms with van der Waals surface area (Å²) in [6.07, 6.45) is 4.26. The Morgan fingerprint density at radius 1 is 0.697 bits per heavy atom. The van der Waals surface area contributed by atoms with Crippen molar-refractivity contribution in [3.63, 3.8) is 0 Å². The Labute approximate surface area is 196 Å². The summed E-state index contributed by atoms with van der Waals surface area (Å²) in [6.45, 7) is 6.89. The van der Waals surface area contributed by atoms with Gasteiger partial charge in [0.15, 0.2) is 0 Å². The summed E-state index contributed by atoms with van der Waals surface area (Å²) in [4.78, 5) is 26.2. The molecule has 0 atom stereocenters. The van der Waals surface area contributed by atoms with Crippen LogP contribution in [0.4, 0.5) is 0 Å². The van der Waals surface area contributed by atoms with Gasteiger partial charge in [0.05, 0.1) is 25.6 Å². The van der Waals surface area contributed by atoms with Gasteiger partial charge in [0.25, 0.3) is 0 Å². The number of aryl methyl sites for hydroxylation is 2. The van der Waals surface area contributed by atoms with Crippen LogP contribution in [0.2, 0.25) is 0 Å². The summed E-state index contributed by atoms with van der Waals surface area (Å²) in [5, 5.41) is 0. The van der Waals surface area contributed by atoms with Crippen LogP contribution in [0.5, 0.6) is 0 Å². The van der Waals surface area contributed by atoms with E-state index in [2.05, 4.69) is 11.5 Å². The molecular formula is C28H33NO4. The standard InChI is InChI=1S/C28H33NO4/c1-6-7-8-9-18-29-25(21-14-10-19(2)11-15-21)23(27(30)32-4)24(28(31)33-5)26(29)22-16-12-20(3)13-17-22/h10-17H,6-9,18H2,1-5H3. The number of hydrogen-bond donors (Lipinski definition) is 0. The Bertz CT molecular complexity index is 1030. The van der Waals surface area contributed by atoms with E-state index in [-0.39, 0.29) is 11.1 Å². The van der Waals surface area contributed by atoms with Crippen molar-refractivity contribution in [1.29, 1.82) is 0 Å². The van der Waals surface area contributed by atoms with Gasteiger partial charge in [-0.05, 0) is 31.4 Å². The SMILES string of the molecule is CCCCCCn1c(-c2ccc(C)cc2)c(C(=O)OC)c(C(=O)OC)c1-c1ccc(C)cc1. The number of unbranched alkanes of at least 4 members (excludes halogenated alkanes) is 3. The second kappa shape index (κ2) is 11.0. The predicted molar refractivity (Wildman–Crippen MR) is 132 cm³/mol. The minimum atomic E-state index is -0.549. The van der Waals surface area contributed by atoms with E-state index in [0.717, 1.165) is 47.9 Å². The van der Waals surface area contributed by atoms with E-state index < -0.39 is 11.9 Å². The smallest absolute Gasteiger partial charge is 0.340 e. The number of esters is 2. The van der Waals surface area contributed by atoms with Gasteiger partial charge in [0, 0.05) is 6.54 Å². The number of carbonyl (C=O) groups is 2. The summed E-state index contributed by atoms with van der Waals surface area (Å²) in [5.41, 5.74) is 5.83. The fourth-order valence-corrected chi connectivity index (χ4v) is 4.16. The summed E-state index contributed by atoms with van der Waals surface area (Å²) < 4.78 is 12.4. The number of nitrogens with zero attached hydrogens (tertiary/aromatic N) is 1. The van der Waals surface area contributed by atoms with Crippen molar-refractivity contribution < 1.29 is 19.1 Å². The Balaban J connectivity index is 2.39. The Hall–Kier alpha value is -3.34. The molecule has 0 saturated heterocycles. The number of rotatable bonds is 9. The lowest BCUT2D eigenvalue weighted by molar-refractivity contribution is 0.0558. The van der Waals surface area contributed by atoms with Crippen LogP contribution in [0.1, 0.15) is 64.4 Å². The first-order valence-electron chi connectivity index (χ1n) is 11.5. The van der Waals surface area contributed by atoms with Crippen LogP contribution in [-0.2, 0) is 16.0 Å². The quantitative estimate of drug-likeness (QED) is 0.274. The van der Waals surface area contributed by atoms with Crippen LogP contribution in [-0.4, -0.2) is 30.7 Å². The maximum atomic E-state index is 13.1. The third-order valence-corrected chi connectivity index (χ3v) is 5.93. The van der Waals surface area contributed by atoms with Crippen LogP contribution in [0.15, 0.2) is 48.5 Å². The lowest BCUT2D eigenvalue weighted by atomic mass is 10.0. The molecule has 0 aliphatic rings. The topological polar surface area (TPSA) is 57.5 Å². The van der Waals surface area contributed by atoms with E-state index in [0.29, 0.717) is 17.9 Å². The molecule has 174 valence electrons. The van der Waals surface area contributed by atoms with E-state index in [4.69, 9.17) is 9.47 Å². The molecule has 0 aliphatic carbocycles. The molecule has 0 spiro atoms. The average Bonchev–Trinajstić information content (AvgIpc) is 3.16. The van der Waals surface area contributed by atoms with Crippen LogP contribution in [0.3, 0.4) is 0 Å².